The van der Waals surface area contributed by atoms with Gasteiger partial charge in [-0.1, -0.05) is 13.3 Å². The van der Waals surface area contributed by atoms with Crippen molar-refractivity contribution in [2.75, 3.05) is 6.61 Å². The minimum absolute atomic E-state index is 0.0839. The number of aliphatic hydroxyl groups excluding tert-OH is 1. The van der Waals surface area contributed by atoms with Crippen LogP contribution < -0.4 is 10.6 Å². The number of aryl methyl sites for hydroxylation is 1. The molecule has 1 aromatic rings. The van der Waals surface area contributed by atoms with Gasteiger partial charge in [0.2, 0.25) is 0 Å². The summed E-state index contributed by atoms with van der Waals surface area (Å²) in [5.74, 6) is 0.707. The molecular weight excluding hydrogens is 246 g/mol. The number of hydrogen-bond donors (Lipinski definition) is 3. The molecular formula is C12H23N5O2. The number of nitrogens with zero attached hydrogens (tertiary/aromatic N) is 3. The van der Waals surface area contributed by atoms with Gasteiger partial charge in [0, 0.05) is 6.54 Å². The third-order valence-corrected chi connectivity index (χ3v) is 3.01. The molecule has 0 unspecified atom stereocenters. The van der Waals surface area contributed by atoms with Crippen LogP contribution in [0.5, 0.6) is 0 Å². The van der Waals surface area contributed by atoms with E-state index in [1.54, 1.807) is 6.33 Å². The largest absolute Gasteiger partial charge is 0.394 e. The molecule has 0 spiro atoms. The van der Waals surface area contributed by atoms with Crippen molar-refractivity contribution >= 4 is 6.03 Å². The fraction of sp³-hybridized carbons (Fsp3) is 0.750. The summed E-state index contributed by atoms with van der Waals surface area (Å²) < 4.78 is 1.86. The van der Waals surface area contributed by atoms with Crippen LogP contribution in [0.15, 0.2) is 6.33 Å². The highest BCUT2D eigenvalue weighted by atomic mass is 16.3. The molecule has 7 heteroatoms. The Bertz CT molecular complexity index is 407. The van der Waals surface area contributed by atoms with Gasteiger partial charge in [0.05, 0.1) is 18.7 Å². The fourth-order valence-electron chi connectivity index (χ4n) is 1.89. The summed E-state index contributed by atoms with van der Waals surface area (Å²) in [4.78, 5) is 11.8. The average Bonchev–Trinajstić information content (AvgIpc) is 2.84. The third kappa shape index (κ3) is 4.51. The molecule has 0 saturated heterocycles. The smallest absolute Gasteiger partial charge is 0.315 e. The highest BCUT2D eigenvalue weighted by Crippen LogP contribution is 2.10. The van der Waals surface area contributed by atoms with Crippen LogP contribution in [-0.4, -0.2) is 38.0 Å². The summed E-state index contributed by atoms with van der Waals surface area (Å²) >= 11 is 0. The van der Waals surface area contributed by atoms with Crippen LogP contribution in [0.1, 0.15) is 39.4 Å². The summed E-state index contributed by atoms with van der Waals surface area (Å²) in [6.45, 7) is 6.81. The van der Waals surface area contributed by atoms with E-state index in [0.717, 1.165) is 19.4 Å². The highest BCUT2D eigenvalue weighted by Gasteiger charge is 2.24. The van der Waals surface area contributed by atoms with Crippen LogP contribution in [0.2, 0.25) is 0 Å². The van der Waals surface area contributed by atoms with E-state index in [4.69, 9.17) is 0 Å². The molecule has 1 aromatic heterocycles. The van der Waals surface area contributed by atoms with E-state index in [1.807, 2.05) is 25.3 Å². The standard InChI is InChI=1S/C12H23N5O2/c1-4-6-12(3,8-18)15-11(19)13-7-10-16-14-9-17(10)5-2/h9,18H,4-8H2,1-3H3,(H2,13,15,19)/t12-/m0/s1. The van der Waals surface area contributed by atoms with E-state index in [0.29, 0.717) is 12.4 Å². The van der Waals surface area contributed by atoms with E-state index >= 15 is 0 Å². The molecule has 7 nitrogen and oxygen atoms in total. The van der Waals surface area contributed by atoms with E-state index < -0.39 is 5.54 Å². The molecule has 0 radical (unpaired) electrons. The second-order valence-electron chi connectivity index (χ2n) is 4.81. The summed E-state index contributed by atoms with van der Waals surface area (Å²) in [5, 5.41) is 22.6. The number of hydrogen-bond acceptors (Lipinski definition) is 4. The molecule has 3 N–H and O–H groups in total. The topological polar surface area (TPSA) is 92.1 Å². The Morgan fingerprint density at radius 1 is 1.53 bits per heavy atom. The quantitative estimate of drug-likeness (QED) is 0.677. The lowest BCUT2D eigenvalue weighted by atomic mass is 9.98. The Morgan fingerprint density at radius 3 is 2.84 bits per heavy atom. The first-order chi connectivity index (χ1) is 9.04. The number of aromatic nitrogens is 3. The molecule has 1 atom stereocenters. The monoisotopic (exact) mass is 269 g/mol. The van der Waals surface area contributed by atoms with Crippen LogP contribution in [0.25, 0.3) is 0 Å². The number of rotatable bonds is 7. The molecule has 0 fully saturated rings. The number of nitrogens with one attached hydrogen (secondary N) is 2. The van der Waals surface area contributed by atoms with Gasteiger partial charge >= 0.3 is 6.03 Å². The van der Waals surface area contributed by atoms with Gasteiger partial charge in [0.25, 0.3) is 0 Å². The highest BCUT2D eigenvalue weighted by molar-refractivity contribution is 5.74. The molecule has 1 rings (SSSR count). The Labute approximate surface area is 113 Å². The lowest BCUT2D eigenvalue weighted by Crippen LogP contribution is -2.52. The van der Waals surface area contributed by atoms with E-state index in [2.05, 4.69) is 20.8 Å². The van der Waals surface area contributed by atoms with Crippen LogP contribution in [0.3, 0.4) is 0 Å². The third-order valence-electron chi connectivity index (χ3n) is 3.01. The summed E-state index contributed by atoms with van der Waals surface area (Å²) in [6.07, 6.45) is 3.24. The summed E-state index contributed by atoms with van der Waals surface area (Å²) in [6, 6.07) is -0.310. The van der Waals surface area contributed by atoms with Crippen molar-refractivity contribution in [3.8, 4) is 0 Å². The Hall–Kier alpha value is -1.63. The molecule has 0 aromatic carbocycles. The van der Waals surface area contributed by atoms with Crippen LogP contribution in [0.4, 0.5) is 4.79 Å². The molecule has 0 bridgehead atoms. The van der Waals surface area contributed by atoms with Crippen molar-refractivity contribution < 1.29 is 9.90 Å². The number of carbonyl (C=O) groups is 1. The van der Waals surface area contributed by atoms with Crippen LogP contribution in [0, 0.1) is 0 Å². The predicted octanol–water partition coefficient (Wildman–Crippen LogP) is 0.648. The van der Waals surface area contributed by atoms with E-state index in [9.17, 15) is 9.90 Å². The summed E-state index contributed by atoms with van der Waals surface area (Å²) in [5.41, 5.74) is -0.586. The van der Waals surface area contributed by atoms with Crippen molar-refractivity contribution in [2.24, 2.45) is 0 Å². The zero-order chi connectivity index (χ0) is 14.3. The average molecular weight is 269 g/mol. The first-order valence-corrected chi connectivity index (χ1v) is 6.58. The Morgan fingerprint density at radius 2 is 2.26 bits per heavy atom. The molecule has 1 heterocycles. The van der Waals surface area contributed by atoms with Gasteiger partial charge in [-0.3, -0.25) is 0 Å². The van der Waals surface area contributed by atoms with Gasteiger partial charge in [-0.05, 0) is 20.3 Å². The number of carbonyl (C=O) groups excluding carboxylic acids is 1. The zero-order valence-corrected chi connectivity index (χ0v) is 11.8. The normalized spacial score (nSPS) is 13.9. The number of amides is 2. The van der Waals surface area contributed by atoms with Gasteiger partial charge in [-0.25, -0.2) is 4.79 Å². The van der Waals surface area contributed by atoms with Gasteiger partial charge in [-0.2, -0.15) is 0 Å². The fourth-order valence-corrected chi connectivity index (χ4v) is 1.89. The number of urea groups is 1. The second-order valence-corrected chi connectivity index (χ2v) is 4.81. The van der Waals surface area contributed by atoms with Gasteiger partial charge in [-0.15, -0.1) is 10.2 Å². The van der Waals surface area contributed by atoms with Crippen molar-refractivity contribution in [3.63, 3.8) is 0 Å². The minimum atomic E-state index is -0.586. The molecule has 108 valence electrons. The van der Waals surface area contributed by atoms with Crippen molar-refractivity contribution in [1.82, 2.24) is 25.4 Å². The van der Waals surface area contributed by atoms with Crippen molar-refractivity contribution in [3.05, 3.63) is 12.2 Å². The maximum Gasteiger partial charge on any atom is 0.315 e. The first-order valence-electron chi connectivity index (χ1n) is 6.58. The predicted molar refractivity (Wildman–Crippen MR) is 71.5 cm³/mol. The van der Waals surface area contributed by atoms with Crippen molar-refractivity contribution in [2.45, 2.75) is 52.2 Å². The van der Waals surface area contributed by atoms with Gasteiger partial charge in [0.15, 0.2) is 5.82 Å². The molecule has 0 aliphatic carbocycles. The molecule has 0 saturated carbocycles. The SMILES string of the molecule is CCC[C@@](C)(CO)NC(=O)NCc1nncn1CC. The second kappa shape index (κ2) is 7.08. The lowest BCUT2D eigenvalue weighted by Gasteiger charge is -2.28. The Balaban J connectivity index is 2.47. The molecule has 19 heavy (non-hydrogen) atoms. The van der Waals surface area contributed by atoms with E-state index in [1.165, 1.54) is 0 Å². The first kappa shape index (κ1) is 15.4. The zero-order valence-electron chi connectivity index (χ0n) is 11.8. The van der Waals surface area contributed by atoms with E-state index in [-0.39, 0.29) is 12.6 Å². The maximum atomic E-state index is 11.8. The summed E-state index contributed by atoms with van der Waals surface area (Å²) in [7, 11) is 0. The van der Waals surface area contributed by atoms with Gasteiger partial charge in [0.1, 0.15) is 6.33 Å². The van der Waals surface area contributed by atoms with Crippen LogP contribution >= 0.6 is 0 Å². The number of aliphatic hydroxyl groups is 1. The van der Waals surface area contributed by atoms with Gasteiger partial charge < -0.3 is 20.3 Å². The maximum absolute atomic E-state index is 11.8. The minimum Gasteiger partial charge on any atom is -0.394 e. The van der Waals surface area contributed by atoms with Crippen LogP contribution in [-0.2, 0) is 13.1 Å². The molecule has 2 amide bonds. The van der Waals surface area contributed by atoms with Crippen molar-refractivity contribution in [1.29, 1.82) is 0 Å². The molecule has 0 aliphatic heterocycles. The Kier molecular flexibility index (Phi) is 5.75. The lowest BCUT2D eigenvalue weighted by molar-refractivity contribution is 0.163. The molecule has 0 aliphatic rings.